The first kappa shape index (κ1) is 23.9. The molecule has 31 heavy (non-hydrogen) atoms. The van der Waals surface area contributed by atoms with Crippen LogP contribution in [-0.2, 0) is 20.8 Å². The van der Waals surface area contributed by atoms with Crippen molar-refractivity contribution in [3.63, 3.8) is 0 Å². The quantitative estimate of drug-likeness (QED) is 0.461. The molecule has 2 rings (SSSR count). The Kier molecular flexibility index (Phi) is 8.60. The fourth-order valence-corrected chi connectivity index (χ4v) is 2.99. The molecule has 0 radical (unpaired) electrons. The molecule has 0 fully saturated rings. The number of carbonyl (C=O) groups is 3. The number of benzene rings is 1. The second-order valence-electron chi connectivity index (χ2n) is 7.55. The first-order valence-electron chi connectivity index (χ1n) is 10.2. The van der Waals surface area contributed by atoms with Crippen LogP contribution in [-0.4, -0.2) is 42.1 Å². The van der Waals surface area contributed by atoms with E-state index < -0.39 is 29.5 Å². The van der Waals surface area contributed by atoms with Crippen molar-refractivity contribution in [1.82, 2.24) is 10.6 Å². The molecule has 168 valence electrons. The summed E-state index contributed by atoms with van der Waals surface area (Å²) < 4.78 is 10.7. The maximum atomic E-state index is 12.0. The molecule has 9 nitrogen and oxygen atoms in total. The molecule has 1 unspecified atom stereocenters. The zero-order valence-corrected chi connectivity index (χ0v) is 17.9. The minimum absolute atomic E-state index is 0.295. The number of ether oxygens (including phenoxy) is 1. The van der Waals surface area contributed by atoms with Gasteiger partial charge in [-0.3, -0.25) is 9.59 Å². The number of unbranched alkanes of at least 4 members (excludes halogenated alkanes) is 1. The van der Waals surface area contributed by atoms with Crippen LogP contribution in [0.25, 0.3) is 11.0 Å². The molecule has 1 aromatic heterocycles. The summed E-state index contributed by atoms with van der Waals surface area (Å²) in [6.07, 6.45) is 2.72. The zero-order chi connectivity index (χ0) is 23.0. The molecule has 0 aliphatic rings. The predicted octanol–water partition coefficient (Wildman–Crippen LogP) is 1.86. The lowest BCUT2D eigenvalue weighted by molar-refractivity contribution is -0.143. The fraction of sp³-hybridized carbons (Fsp3) is 0.455. The Labute approximate surface area is 179 Å². The molecule has 2 aromatic rings. The van der Waals surface area contributed by atoms with Gasteiger partial charge in [0.15, 0.2) is 6.61 Å². The molecule has 1 aromatic carbocycles. The smallest absolute Gasteiger partial charge is 0.336 e. The predicted molar refractivity (Wildman–Crippen MR) is 114 cm³/mol. The Bertz CT molecular complexity index is 997. The van der Waals surface area contributed by atoms with Crippen molar-refractivity contribution in [2.45, 2.75) is 46.1 Å². The molecule has 0 spiro atoms. The molecule has 0 aliphatic carbocycles. The summed E-state index contributed by atoms with van der Waals surface area (Å²) in [5.74, 6) is -2.25. The normalized spacial score (nSPS) is 11.9. The van der Waals surface area contributed by atoms with Crippen molar-refractivity contribution < 1.29 is 28.6 Å². The number of amides is 2. The summed E-state index contributed by atoms with van der Waals surface area (Å²) in [7, 11) is 0. The van der Waals surface area contributed by atoms with Gasteiger partial charge in [0.2, 0.25) is 5.91 Å². The Hall–Kier alpha value is -3.36. The average molecular weight is 432 g/mol. The monoisotopic (exact) mass is 432 g/mol. The number of aryl methyl sites for hydroxylation is 1. The number of carboxylic acids is 1. The third-order valence-corrected chi connectivity index (χ3v) is 4.67. The lowest BCUT2D eigenvalue weighted by Crippen LogP contribution is -2.48. The molecule has 2 amide bonds. The van der Waals surface area contributed by atoms with Gasteiger partial charge in [-0.2, -0.15) is 0 Å². The van der Waals surface area contributed by atoms with Gasteiger partial charge in [-0.05, 0) is 36.5 Å². The van der Waals surface area contributed by atoms with E-state index in [4.69, 9.17) is 14.3 Å². The Morgan fingerprint density at radius 3 is 2.55 bits per heavy atom. The molecule has 1 atom stereocenters. The molecule has 1 heterocycles. The second-order valence-corrected chi connectivity index (χ2v) is 7.55. The maximum Gasteiger partial charge on any atom is 0.336 e. The summed E-state index contributed by atoms with van der Waals surface area (Å²) in [6.45, 7) is 4.69. The number of nitrogens with one attached hydrogen (secondary N) is 2. The standard InChI is InChI=1S/C22H28N2O7/c1-4-5-6-14-9-20(27)31-17-10-15(7-8-16(14)17)30-12-19(26)23-11-18(25)24-21(13(2)3)22(28)29/h7-10,13,21H,4-6,11-12H2,1-3H3,(H,23,26)(H,24,25)(H,28,29). The lowest BCUT2D eigenvalue weighted by Gasteiger charge is -2.18. The van der Waals surface area contributed by atoms with E-state index in [9.17, 15) is 19.2 Å². The van der Waals surface area contributed by atoms with E-state index in [0.29, 0.717) is 11.3 Å². The van der Waals surface area contributed by atoms with Gasteiger partial charge in [-0.15, -0.1) is 0 Å². The number of rotatable bonds is 11. The Morgan fingerprint density at radius 2 is 1.90 bits per heavy atom. The molecule has 0 bridgehead atoms. The van der Waals surface area contributed by atoms with E-state index >= 15 is 0 Å². The second kappa shape index (κ2) is 11.1. The van der Waals surface area contributed by atoms with Crippen LogP contribution in [0.1, 0.15) is 39.2 Å². The number of fused-ring (bicyclic) bond motifs is 1. The Balaban J connectivity index is 1.92. The van der Waals surface area contributed by atoms with Crippen LogP contribution in [0.5, 0.6) is 5.75 Å². The van der Waals surface area contributed by atoms with E-state index in [2.05, 4.69) is 17.6 Å². The minimum Gasteiger partial charge on any atom is -0.484 e. The maximum absolute atomic E-state index is 12.0. The number of carboxylic acid groups (broad SMARTS) is 1. The summed E-state index contributed by atoms with van der Waals surface area (Å²) in [5, 5.41) is 14.6. The van der Waals surface area contributed by atoms with Gasteiger partial charge in [0.05, 0.1) is 6.54 Å². The van der Waals surface area contributed by atoms with Gasteiger partial charge in [-0.1, -0.05) is 27.2 Å². The summed E-state index contributed by atoms with van der Waals surface area (Å²) in [4.78, 5) is 46.7. The molecule has 3 N–H and O–H groups in total. The number of hydrogen-bond donors (Lipinski definition) is 3. The van der Waals surface area contributed by atoms with E-state index in [1.807, 2.05) is 0 Å². The van der Waals surface area contributed by atoms with Crippen LogP contribution in [0.3, 0.4) is 0 Å². The van der Waals surface area contributed by atoms with Crippen molar-refractivity contribution >= 4 is 28.8 Å². The van der Waals surface area contributed by atoms with Crippen molar-refractivity contribution in [3.8, 4) is 5.75 Å². The van der Waals surface area contributed by atoms with Crippen LogP contribution in [0.15, 0.2) is 33.5 Å². The number of aliphatic carboxylic acids is 1. The van der Waals surface area contributed by atoms with E-state index in [1.165, 1.54) is 6.07 Å². The van der Waals surface area contributed by atoms with Crippen LogP contribution >= 0.6 is 0 Å². The average Bonchev–Trinajstić information content (AvgIpc) is 2.71. The summed E-state index contributed by atoms with van der Waals surface area (Å²) in [5.41, 5.74) is 0.842. The largest absolute Gasteiger partial charge is 0.484 e. The van der Waals surface area contributed by atoms with Gasteiger partial charge in [-0.25, -0.2) is 9.59 Å². The van der Waals surface area contributed by atoms with E-state index in [1.54, 1.807) is 32.0 Å². The van der Waals surface area contributed by atoms with Gasteiger partial charge < -0.3 is 24.9 Å². The van der Waals surface area contributed by atoms with Crippen molar-refractivity contribution in [3.05, 3.63) is 40.2 Å². The minimum atomic E-state index is -1.14. The van der Waals surface area contributed by atoms with E-state index in [-0.39, 0.29) is 19.1 Å². The zero-order valence-electron chi connectivity index (χ0n) is 17.9. The molecule has 0 saturated carbocycles. The van der Waals surface area contributed by atoms with E-state index in [0.717, 1.165) is 30.2 Å². The summed E-state index contributed by atoms with van der Waals surface area (Å²) >= 11 is 0. The van der Waals surface area contributed by atoms with Crippen LogP contribution in [0, 0.1) is 5.92 Å². The first-order valence-corrected chi connectivity index (χ1v) is 10.2. The third kappa shape index (κ3) is 7.13. The van der Waals surface area contributed by atoms with Crippen molar-refractivity contribution in [2.75, 3.05) is 13.2 Å². The van der Waals surface area contributed by atoms with Crippen LogP contribution in [0.4, 0.5) is 0 Å². The summed E-state index contributed by atoms with van der Waals surface area (Å²) in [6, 6.07) is 5.46. The van der Waals surface area contributed by atoms with Gasteiger partial charge in [0.25, 0.3) is 5.91 Å². The highest BCUT2D eigenvalue weighted by atomic mass is 16.5. The molecular weight excluding hydrogens is 404 g/mol. The highest BCUT2D eigenvalue weighted by Gasteiger charge is 2.23. The first-order chi connectivity index (χ1) is 14.7. The number of hydrogen-bond acceptors (Lipinski definition) is 6. The van der Waals surface area contributed by atoms with Gasteiger partial charge in [0.1, 0.15) is 17.4 Å². The molecule has 0 saturated heterocycles. The SMILES string of the molecule is CCCCc1cc(=O)oc2cc(OCC(=O)NCC(=O)NC(C(=O)O)C(C)C)ccc12. The fourth-order valence-electron chi connectivity index (χ4n) is 2.99. The molecular formula is C22H28N2O7. The Morgan fingerprint density at radius 1 is 1.16 bits per heavy atom. The van der Waals surface area contributed by atoms with Gasteiger partial charge >= 0.3 is 11.6 Å². The highest BCUT2D eigenvalue weighted by molar-refractivity contribution is 5.88. The van der Waals surface area contributed by atoms with Crippen LogP contribution < -0.4 is 21.0 Å². The lowest BCUT2D eigenvalue weighted by atomic mass is 10.0. The van der Waals surface area contributed by atoms with Crippen molar-refractivity contribution in [2.24, 2.45) is 5.92 Å². The third-order valence-electron chi connectivity index (χ3n) is 4.67. The highest BCUT2D eigenvalue weighted by Crippen LogP contribution is 2.23. The molecule has 0 aliphatic heterocycles. The topological polar surface area (TPSA) is 135 Å². The number of carbonyl (C=O) groups excluding carboxylic acids is 2. The van der Waals surface area contributed by atoms with Gasteiger partial charge in [0, 0.05) is 17.5 Å². The van der Waals surface area contributed by atoms with Crippen molar-refractivity contribution in [1.29, 1.82) is 0 Å². The van der Waals surface area contributed by atoms with Crippen LogP contribution in [0.2, 0.25) is 0 Å². The molecule has 9 heteroatoms.